The maximum Gasteiger partial charge on any atom is 0.326 e. The molecular weight excluding hydrogens is 354 g/mol. The zero-order chi connectivity index (χ0) is 19.9. The Kier molecular flexibility index (Phi) is 5.05. The van der Waals surface area contributed by atoms with Crippen LogP contribution >= 0.6 is 0 Å². The average molecular weight is 386 g/mol. The van der Waals surface area contributed by atoms with Crippen molar-refractivity contribution in [3.05, 3.63) is 28.9 Å². The number of nitrogens with one attached hydrogen (secondary N) is 2. The topological polar surface area (TPSA) is 102 Å². The van der Waals surface area contributed by atoms with Gasteiger partial charge in [0.1, 0.15) is 5.65 Å². The zero-order valence-electron chi connectivity index (χ0n) is 17.0. The van der Waals surface area contributed by atoms with Gasteiger partial charge < -0.3 is 20.4 Å². The molecule has 4 rings (SSSR count). The molecule has 2 unspecified atom stereocenters. The maximum atomic E-state index is 13.1. The van der Waals surface area contributed by atoms with E-state index in [4.69, 9.17) is 10.5 Å². The minimum absolute atomic E-state index is 0.0427. The van der Waals surface area contributed by atoms with Crippen molar-refractivity contribution < 1.29 is 4.74 Å². The molecule has 28 heavy (non-hydrogen) atoms. The van der Waals surface area contributed by atoms with Crippen molar-refractivity contribution in [1.29, 1.82) is 0 Å². The summed E-state index contributed by atoms with van der Waals surface area (Å²) in [4.78, 5) is 23.7. The van der Waals surface area contributed by atoms with Crippen LogP contribution in [0.1, 0.15) is 52.5 Å². The van der Waals surface area contributed by atoms with Gasteiger partial charge in [-0.1, -0.05) is 26.7 Å². The molecule has 2 atom stereocenters. The number of hydrogen-bond donors (Lipinski definition) is 3. The van der Waals surface area contributed by atoms with Crippen molar-refractivity contribution >= 4 is 22.1 Å². The standard InChI is InChI=1S/C21H31N5O2/c1-4-13-10-21(3,28-9-7-22)11-14(5-2)17(13)26-18-15-6-8-23-19(15)24-12-16(18)25-20(26)27/h6,8,12-14,17H,4-5,7,9-11,22H2,1-3H3,(H,23,24)(H,25,27). The van der Waals surface area contributed by atoms with E-state index in [0.29, 0.717) is 25.0 Å². The Morgan fingerprint density at radius 2 is 2.04 bits per heavy atom. The number of pyridine rings is 1. The van der Waals surface area contributed by atoms with Crippen molar-refractivity contribution in [1.82, 2.24) is 19.5 Å². The number of nitrogens with two attached hydrogens (primary N) is 1. The molecule has 1 aliphatic carbocycles. The quantitative estimate of drug-likeness (QED) is 0.606. The largest absolute Gasteiger partial charge is 0.374 e. The van der Waals surface area contributed by atoms with Gasteiger partial charge >= 0.3 is 5.69 Å². The Bertz CT molecular complexity index is 1000. The highest BCUT2D eigenvalue weighted by Gasteiger charge is 2.44. The Balaban J connectivity index is 1.84. The number of rotatable bonds is 6. The Labute approximate surface area is 164 Å². The van der Waals surface area contributed by atoms with Crippen LogP contribution < -0.4 is 11.4 Å². The molecule has 0 bridgehead atoms. The number of aromatic amines is 2. The Morgan fingerprint density at radius 1 is 1.32 bits per heavy atom. The minimum atomic E-state index is -0.183. The van der Waals surface area contributed by atoms with E-state index < -0.39 is 0 Å². The first-order valence-electron chi connectivity index (χ1n) is 10.4. The SMILES string of the molecule is CCC1CC(C)(OCCN)CC(CC)C1n1c(=O)[nH]c2cnc3[nH]ccc3c21. The highest BCUT2D eigenvalue weighted by Crippen LogP contribution is 2.48. The fraction of sp³-hybridized carbons (Fsp3) is 0.619. The van der Waals surface area contributed by atoms with Gasteiger partial charge in [-0.15, -0.1) is 0 Å². The minimum Gasteiger partial charge on any atom is -0.374 e. The lowest BCUT2D eigenvalue weighted by atomic mass is 9.68. The van der Waals surface area contributed by atoms with Gasteiger partial charge in [-0.05, 0) is 37.7 Å². The van der Waals surface area contributed by atoms with Gasteiger partial charge in [-0.25, -0.2) is 9.78 Å². The van der Waals surface area contributed by atoms with Gasteiger partial charge in [0.2, 0.25) is 0 Å². The predicted octanol–water partition coefficient (Wildman–Crippen LogP) is 3.33. The van der Waals surface area contributed by atoms with Crippen LogP contribution in [0.3, 0.4) is 0 Å². The molecule has 0 aliphatic heterocycles. The summed E-state index contributed by atoms with van der Waals surface area (Å²) in [6.07, 6.45) is 7.51. The van der Waals surface area contributed by atoms with Gasteiger partial charge in [0, 0.05) is 24.2 Å². The number of nitrogens with zero attached hydrogens (tertiary/aromatic N) is 2. The van der Waals surface area contributed by atoms with Gasteiger partial charge in [0.05, 0.1) is 29.4 Å². The monoisotopic (exact) mass is 385 g/mol. The third-order valence-electron chi connectivity index (χ3n) is 6.53. The van der Waals surface area contributed by atoms with Crippen LogP contribution in [0.5, 0.6) is 0 Å². The lowest BCUT2D eigenvalue weighted by molar-refractivity contribution is -0.0974. The number of fused-ring (bicyclic) bond motifs is 3. The average Bonchev–Trinajstić information content (AvgIpc) is 3.29. The molecule has 1 fully saturated rings. The van der Waals surface area contributed by atoms with Crippen molar-refractivity contribution in [2.75, 3.05) is 13.2 Å². The van der Waals surface area contributed by atoms with Crippen LogP contribution in [0.2, 0.25) is 0 Å². The van der Waals surface area contributed by atoms with Crippen molar-refractivity contribution in [3.63, 3.8) is 0 Å². The highest BCUT2D eigenvalue weighted by molar-refractivity contribution is 6.00. The van der Waals surface area contributed by atoms with Crippen LogP contribution in [0.25, 0.3) is 22.1 Å². The fourth-order valence-corrected chi connectivity index (χ4v) is 5.34. The molecule has 0 amide bonds. The summed E-state index contributed by atoms with van der Waals surface area (Å²) in [6.45, 7) is 7.75. The van der Waals surface area contributed by atoms with Gasteiger partial charge in [-0.2, -0.15) is 0 Å². The van der Waals surface area contributed by atoms with E-state index in [1.807, 2.05) is 16.8 Å². The molecule has 3 heterocycles. The summed E-state index contributed by atoms with van der Waals surface area (Å²) in [5.74, 6) is 0.723. The lowest BCUT2D eigenvalue weighted by Gasteiger charge is -2.47. The maximum absolute atomic E-state index is 13.1. The van der Waals surface area contributed by atoms with Crippen LogP contribution in [0.15, 0.2) is 23.3 Å². The summed E-state index contributed by atoms with van der Waals surface area (Å²) < 4.78 is 8.20. The van der Waals surface area contributed by atoms with Gasteiger partial charge in [0.25, 0.3) is 0 Å². The van der Waals surface area contributed by atoms with E-state index in [9.17, 15) is 4.79 Å². The van der Waals surface area contributed by atoms with E-state index in [0.717, 1.165) is 47.8 Å². The third-order valence-corrected chi connectivity index (χ3v) is 6.53. The molecule has 0 spiro atoms. The number of H-pyrrole nitrogens is 2. The second-order valence-electron chi connectivity index (χ2n) is 8.38. The summed E-state index contributed by atoms with van der Waals surface area (Å²) in [7, 11) is 0. The molecule has 1 saturated carbocycles. The number of imidazole rings is 1. The van der Waals surface area contributed by atoms with E-state index in [1.165, 1.54) is 0 Å². The first kappa shape index (κ1) is 19.2. The third kappa shape index (κ3) is 3.06. The van der Waals surface area contributed by atoms with Gasteiger partial charge in [-0.3, -0.25) is 4.57 Å². The van der Waals surface area contributed by atoms with Crippen LogP contribution in [-0.2, 0) is 4.74 Å². The molecule has 7 heteroatoms. The zero-order valence-corrected chi connectivity index (χ0v) is 17.0. The van der Waals surface area contributed by atoms with E-state index in [-0.39, 0.29) is 17.3 Å². The molecular formula is C21H31N5O2. The Hall–Kier alpha value is -2.12. The van der Waals surface area contributed by atoms with Crippen molar-refractivity contribution in [3.8, 4) is 0 Å². The molecule has 4 N–H and O–H groups in total. The molecule has 152 valence electrons. The first-order valence-corrected chi connectivity index (χ1v) is 10.4. The lowest BCUT2D eigenvalue weighted by Crippen LogP contribution is -2.47. The van der Waals surface area contributed by atoms with E-state index in [1.54, 1.807) is 6.20 Å². The number of hydrogen-bond acceptors (Lipinski definition) is 4. The summed E-state index contributed by atoms with van der Waals surface area (Å²) in [6, 6.07) is 2.15. The summed E-state index contributed by atoms with van der Waals surface area (Å²) in [5.41, 5.74) is 8.04. The second-order valence-corrected chi connectivity index (χ2v) is 8.38. The summed E-state index contributed by atoms with van der Waals surface area (Å²) in [5, 5.41) is 0.994. The summed E-state index contributed by atoms with van der Waals surface area (Å²) >= 11 is 0. The molecule has 0 aromatic carbocycles. The van der Waals surface area contributed by atoms with E-state index in [2.05, 4.69) is 35.7 Å². The molecule has 0 saturated heterocycles. The molecule has 3 aromatic heterocycles. The molecule has 0 radical (unpaired) electrons. The fourth-order valence-electron chi connectivity index (χ4n) is 5.34. The highest BCUT2D eigenvalue weighted by atomic mass is 16.5. The number of ether oxygens (including phenoxy) is 1. The second kappa shape index (κ2) is 7.37. The first-order chi connectivity index (χ1) is 13.5. The van der Waals surface area contributed by atoms with Crippen molar-refractivity contribution in [2.24, 2.45) is 17.6 Å². The van der Waals surface area contributed by atoms with Crippen molar-refractivity contribution in [2.45, 2.75) is 58.1 Å². The molecule has 3 aromatic rings. The molecule has 1 aliphatic rings. The van der Waals surface area contributed by atoms with Gasteiger partial charge in [0.15, 0.2) is 0 Å². The normalized spacial score (nSPS) is 28.4. The predicted molar refractivity (Wildman–Crippen MR) is 111 cm³/mol. The van der Waals surface area contributed by atoms with Crippen LogP contribution in [0.4, 0.5) is 0 Å². The Morgan fingerprint density at radius 3 is 2.68 bits per heavy atom. The smallest absolute Gasteiger partial charge is 0.326 e. The molecule has 7 nitrogen and oxygen atoms in total. The van der Waals surface area contributed by atoms with E-state index >= 15 is 0 Å². The number of aromatic nitrogens is 4. The van der Waals surface area contributed by atoms with Crippen LogP contribution in [-0.4, -0.2) is 38.3 Å². The van der Waals surface area contributed by atoms with Crippen LogP contribution in [0, 0.1) is 11.8 Å².